The molecule has 0 amide bonds. The summed E-state index contributed by atoms with van der Waals surface area (Å²) in [6.07, 6.45) is 6.16. The molecule has 1 fully saturated rings. The second-order valence-corrected chi connectivity index (χ2v) is 3.83. The first-order chi connectivity index (χ1) is 6.22. The van der Waals surface area contributed by atoms with Gasteiger partial charge in [0.25, 0.3) is 0 Å². The van der Waals surface area contributed by atoms with Gasteiger partial charge in [-0.3, -0.25) is 0 Å². The molecule has 0 saturated heterocycles. The van der Waals surface area contributed by atoms with Crippen LogP contribution in [0.5, 0.6) is 0 Å². The van der Waals surface area contributed by atoms with Gasteiger partial charge in [-0.05, 0) is 32.1 Å². The molecule has 0 heterocycles. The van der Waals surface area contributed by atoms with E-state index in [1.807, 2.05) is 0 Å². The van der Waals surface area contributed by atoms with E-state index in [9.17, 15) is 4.79 Å². The Morgan fingerprint density at radius 2 is 2.38 bits per heavy atom. The van der Waals surface area contributed by atoms with Gasteiger partial charge < -0.3 is 9.53 Å². The third kappa shape index (κ3) is 3.73. The molecule has 0 bridgehead atoms. The molecule has 74 valence electrons. The van der Waals surface area contributed by atoms with Crippen molar-refractivity contribution in [1.29, 1.82) is 0 Å². The lowest BCUT2D eigenvalue weighted by atomic mass is 10.0. The summed E-state index contributed by atoms with van der Waals surface area (Å²) >= 11 is 0. The summed E-state index contributed by atoms with van der Waals surface area (Å²) in [6, 6.07) is 0. The zero-order valence-electron chi connectivity index (χ0n) is 8.29. The van der Waals surface area contributed by atoms with Crippen LogP contribution in [0.1, 0.15) is 32.6 Å². The fourth-order valence-corrected chi connectivity index (χ4v) is 1.98. The average Bonchev–Trinajstić information content (AvgIpc) is 2.48. The summed E-state index contributed by atoms with van der Waals surface area (Å²) in [5.74, 6) is 0.863. The summed E-state index contributed by atoms with van der Waals surface area (Å²) < 4.78 is 5.53. The zero-order valence-corrected chi connectivity index (χ0v) is 8.29. The van der Waals surface area contributed by atoms with E-state index in [1.165, 1.54) is 0 Å². The van der Waals surface area contributed by atoms with E-state index >= 15 is 0 Å². The molecule has 2 nitrogen and oxygen atoms in total. The van der Waals surface area contributed by atoms with Crippen molar-refractivity contribution < 1.29 is 9.53 Å². The van der Waals surface area contributed by atoms with E-state index in [1.54, 1.807) is 13.0 Å². The second kappa shape index (κ2) is 5.18. The third-order valence-electron chi connectivity index (χ3n) is 2.52. The Bertz CT molecular complexity index is 187. The molecule has 2 atom stereocenters. The Labute approximate surface area is 80.0 Å². The number of carbonyl (C=O) groups excluding carboxylic acids is 1. The molecule has 0 aliphatic heterocycles. The number of ketones is 1. The van der Waals surface area contributed by atoms with Crippen molar-refractivity contribution in [2.24, 2.45) is 5.92 Å². The highest BCUT2D eigenvalue weighted by Crippen LogP contribution is 2.30. The van der Waals surface area contributed by atoms with Crippen molar-refractivity contribution in [3.05, 3.63) is 12.7 Å². The molecule has 0 N–H and O–H groups in total. The van der Waals surface area contributed by atoms with E-state index in [4.69, 9.17) is 4.74 Å². The first kappa shape index (κ1) is 10.5. The molecule has 1 rings (SSSR count). The molecule has 0 aromatic carbocycles. The maximum atomic E-state index is 10.9. The van der Waals surface area contributed by atoms with Crippen LogP contribution in [0, 0.1) is 5.92 Å². The predicted molar refractivity (Wildman–Crippen MR) is 52.6 cm³/mol. The van der Waals surface area contributed by atoms with E-state index in [2.05, 4.69) is 6.58 Å². The van der Waals surface area contributed by atoms with Crippen molar-refractivity contribution in [3.63, 3.8) is 0 Å². The minimum Gasteiger partial charge on any atom is -0.374 e. The lowest BCUT2D eigenvalue weighted by Gasteiger charge is -2.09. The van der Waals surface area contributed by atoms with Gasteiger partial charge in [-0.15, -0.1) is 6.58 Å². The molecule has 13 heavy (non-hydrogen) atoms. The van der Waals surface area contributed by atoms with Crippen molar-refractivity contribution in [3.8, 4) is 0 Å². The van der Waals surface area contributed by atoms with Crippen molar-refractivity contribution in [2.75, 3.05) is 6.61 Å². The van der Waals surface area contributed by atoms with Crippen LogP contribution in [0.4, 0.5) is 0 Å². The van der Waals surface area contributed by atoms with E-state index in [0.717, 1.165) is 25.7 Å². The van der Waals surface area contributed by atoms with E-state index in [-0.39, 0.29) is 0 Å². The lowest BCUT2D eigenvalue weighted by molar-refractivity contribution is -0.117. The predicted octanol–water partition coefficient (Wildman–Crippen LogP) is 2.34. The van der Waals surface area contributed by atoms with Gasteiger partial charge in [0, 0.05) is 6.42 Å². The molecule has 0 aromatic heterocycles. The Morgan fingerprint density at radius 1 is 1.62 bits per heavy atom. The van der Waals surface area contributed by atoms with Gasteiger partial charge in [-0.1, -0.05) is 6.08 Å². The van der Waals surface area contributed by atoms with Gasteiger partial charge >= 0.3 is 0 Å². The quantitative estimate of drug-likeness (QED) is 0.610. The van der Waals surface area contributed by atoms with Gasteiger partial charge in [0.1, 0.15) is 5.78 Å². The summed E-state index contributed by atoms with van der Waals surface area (Å²) in [7, 11) is 0. The molecular formula is C11H18O2. The number of rotatable bonds is 5. The van der Waals surface area contributed by atoms with Crippen molar-refractivity contribution in [1.82, 2.24) is 0 Å². The number of hydrogen-bond donors (Lipinski definition) is 0. The van der Waals surface area contributed by atoms with Crippen LogP contribution in [-0.2, 0) is 9.53 Å². The topological polar surface area (TPSA) is 26.3 Å². The molecule has 0 aromatic rings. The zero-order chi connectivity index (χ0) is 9.68. The Kier molecular flexibility index (Phi) is 4.16. The summed E-state index contributed by atoms with van der Waals surface area (Å²) in [5.41, 5.74) is 0. The minimum atomic E-state index is 0.300. The Hall–Kier alpha value is -0.630. The van der Waals surface area contributed by atoms with Crippen LogP contribution < -0.4 is 0 Å². The first-order valence-electron chi connectivity index (χ1n) is 4.94. The average molecular weight is 182 g/mol. The summed E-state index contributed by atoms with van der Waals surface area (Å²) in [4.78, 5) is 10.9. The molecule has 0 radical (unpaired) electrons. The van der Waals surface area contributed by atoms with Gasteiger partial charge in [0.15, 0.2) is 0 Å². The fourth-order valence-electron chi connectivity index (χ4n) is 1.98. The van der Waals surface area contributed by atoms with Gasteiger partial charge in [0.05, 0.1) is 12.7 Å². The molecule has 1 saturated carbocycles. The molecule has 2 heteroatoms. The normalized spacial score (nSPS) is 27.5. The lowest BCUT2D eigenvalue weighted by Crippen LogP contribution is -2.09. The van der Waals surface area contributed by atoms with Gasteiger partial charge in [-0.25, -0.2) is 0 Å². The molecular weight excluding hydrogens is 164 g/mol. The maximum absolute atomic E-state index is 10.9. The number of hydrogen-bond acceptors (Lipinski definition) is 2. The standard InChI is InChI=1S/C11H18O2/c1-3-6-13-11-5-4-10(8-11)7-9(2)12/h3,10-11H,1,4-8H2,2H3. The minimum absolute atomic E-state index is 0.300. The maximum Gasteiger partial charge on any atom is 0.130 e. The molecule has 1 aliphatic carbocycles. The number of carbonyl (C=O) groups is 1. The fraction of sp³-hybridized carbons (Fsp3) is 0.727. The van der Waals surface area contributed by atoms with Crippen LogP contribution >= 0.6 is 0 Å². The highest BCUT2D eigenvalue weighted by atomic mass is 16.5. The molecule has 0 spiro atoms. The monoisotopic (exact) mass is 182 g/mol. The van der Waals surface area contributed by atoms with Crippen molar-refractivity contribution >= 4 is 5.78 Å². The first-order valence-corrected chi connectivity index (χ1v) is 4.94. The Balaban J connectivity index is 2.19. The smallest absolute Gasteiger partial charge is 0.130 e. The summed E-state index contributed by atoms with van der Waals surface area (Å²) in [5, 5.41) is 0. The highest BCUT2D eigenvalue weighted by molar-refractivity contribution is 5.75. The van der Waals surface area contributed by atoms with Crippen LogP contribution in [0.15, 0.2) is 12.7 Å². The van der Waals surface area contributed by atoms with E-state index < -0.39 is 0 Å². The highest BCUT2D eigenvalue weighted by Gasteiger charge is 2.25. The second-order valence-electron chi connectivity index (χ2n) is 3.83. The molecule has 2 unspecified atom stereocenters. The van der Waals surface area contributed by atoms with Crippen LogP contribution in [0.3, 0.4) is 0 Å². The van der Waals surface area contributed by atoms with E-state index in [0.29, 0.717) is 24.4 Å². The van der Waals surface area contributed by atoms with Gasteiger partial charge in [-0.2, -0.15) is 0 Å². The SMILES string of the molecule is C=CCOC1CCC(CC(C)=O)C1. The van der Waals surface area contributed by atoms with Crippen LogP contribution in [0.2, 0.25) is 0 Å². The largest absolute Gasteiger partial charge is 0.374 e. The third-order valence-corrected chi connectivity index (χ3v) is 2.52. The van der Waals surface area contributed by atoms with Crippen LogP contribution in [0.25, 0.3) is 0 Å². The van der Waals surface area contributed by atoms with Crippen LogP contribution in [-0.4, -0.2) is 18.5 Å². The van der Waals surface area contributed by atoms with Gasteiger partial charge in [0.2, 0.25) is 0 Å². The summed E-state index contributed by atoms with van der Waals surface area (Å²) in [6.45, 7) is 5.91. The number of ether oxygens (including phenoxy) is 1. The molecule has 1 aliphatic rings. The Morgan fingerprint density at radius 3 is 3.00 bits per heavy atom. The van der Waals surface area contributed by atoms with Crippen molar-refractivity contribution in [2.45, 2.75) is 38.7 Å². The number of Topliss-reactive ketones (excluding diaryl/α,β-unsaturated/α-hetero) is 1.